The molecule has 0 aliphatic rings. The summed E-state index contributed by atoms with van der Waals surface area (Å²) < 4.78 is 3.68. The summed E-state index contributed by atoms with van der Waals surface area (Å²) in [6, 6.07) is 11.9. The summed E-state index contributed by atoms with van der Waals surface area (Å²) in [5.74, 6) is 0.601. The maximum absolute atomic E-state index is 12.8. The lowest BCUT2D eigenvalue weighted by Gasteiger charge is -2.09. The van der Waals surface area contributed by atoms with Gasteiger partial charge in [-0.3, -0.25) is 14.1 Å². The van der Waals surface area contributed by atoms with Gasteiger partial charge in [0.2, 0.25) is 0 Å². The first-order valence-electron chi connectivity index (χ1n) is 10.3. The molecule has 0 saturated carbocycles. The molecule has 0 bridgehead atoms. The third-order valence-corrected chi connectivity index (χ3v) is 5.07. The number of aryl methyl sites for hydroxylation is 2. The highest BCUT2D eigenvalue weighted by Gasteiger charge is 2.13. The molecular weight excluding hydrogens is 378 g/mol. The minimum absolute atomic E-state index is 0.0486. The second-order valence-corrected chi connectivity index (χ2v) is 7.28. The van der Waals surface area contributed by atoms with Crippen LogP contribution in [0.25, 0.3) is 22.6 Å². The fourth-order valence-electron chi connectivity index (χ4n) is 3.65. The number of nitrogens with one attached hydrogen (secondary N) is 1. The minimum Gasteiger partial charge on any atom is -0.299 e. The average molecular weight is 403 g/mol. The normalized spacial score (nSPS) is 11.1. The lowest BCUT2D eigenvalue weighted by molar-refractivity contribution is 0.619. The van der Waals surface area contributed by atoms with Crippen molar-refractivity contribution >= 4 is 0 Å². The number of rotatable bonds is 8. The van der Waals surface area contributed by atoms with Crippen molar-refractivity contribution in [3.63, 3.8) is 0 Å². The molecule has 4 aromatic rings. The molecule has 30 heavy (non-hydrogen) atoms. The lowest BCUT2D eigenvalue weighted by atomic mass is 10.0. The summed E-state index contributed by atoms with van der Waals surface area (Å²) in [5.41, 5.74) is 4.78. The van der Waals surface area contributed by atoms with E-state index in [1.54, 1.807) is 0 Å². The molecule has 3 heterocycles. The molecule has 0 spiro atoms. The Labute approximate surface area is 174 Å². The second-order valence-electron chi connectivity index (χ2n) is 7.28. The van der Waals surface area contributed by atoms with Crippen LogP contribution in [0.15, 0.2) is 53.6 Å². The first-order valence-corrected chi connectivity index (χ1v) is 10.3. The van der Waals surface area contributed by atoms with Gasteiger partial charge in [-0.25, -0.2) is 9.89 Å². The van der Waals surface area contributed by atoms with E-state index in [2.05, 4.69) is 39.5 Å². The number of hydrogen-bond acceptors (Lipinski definition) is 5. The number of pyridine rings is 1. The predicted molar refractivity (Wildman–Crippen MR) is 115 cm³/mol. The van der Waals surface area contributed by atoms with Gasteiger partial charge in [0.25, 0.3) is 0 Å². The number of aromatic amines is 1. The molecule has 0 atom stereocenters. The zero-order chi connectivity index (χ0) is 20.9. The van der Waals surface area contributed by atoms with Crippen LogP contribution >= 0.6 is 0 Å². The molecule has 4 rings (SSSR count). The van der Waals surface area contributed by atoms with Crippen molar-refractivity contribution in [3.05, 3.63) is 70.5 Å². The van der Waals surface area contributed by atoms with Crippen LogP contribution in [0.1, 0.15) is 37.9 Å². The highest BCUT2D eigenvalue weighted by atomic mass is 16.1. The minimum atomic E-state index is 0.0486. The Hall–Kier alpha value is -3.55. The molecule has 8 nitrogen and oxygen atoms in total. The Kier molecular flexibility index (Phi) is 5.83. The van der Waals surface area contributed by atoms with Gasteiger partial charge in [-0.15, -0.1) is 5.10 Å². The number of tetrazole rings is 1. The van der Waals surface area contributed by atoms with Crippen LogP contribution in [0.5, 0.6) is 0 Å². The van der Waals surface area contributed by atoms with Gasteiger partial charge in [-0.1, -0.05) is 50.6 Å². The molecule has 0 aliphatic heterocycles. The van der Waals surface area contributed by atoms with E-state index in [9.17, 15) is 4.79 Å². The van der Waals surface area contributed by atoms with Crippen LogP contribution in [0.4, 0.5) is 0 Å². The molecule has 1 aromatic carbocycles. The second kappa shape index (κ2) is 8.86. The topological polar surface area (TPSA) is 94.3 Å². The highest BCUT2D eigenvalue weighted by molar-refractivity contribution is 5.78. The standard InChI is InChI=1S/C22H25N7O/c1-3-7-17-15-28(12-4-2)22(30)29(17)14-16-10-11-20(23-13-16)18-8-5-6-9-19(18)21-24-26-27-25-21/h5-6,8-11,13,15H,3-4,7,12,14H2,1-2H3,(H,24,25,26,27). The molecule has 0 amide bonds. The van der Waals surface area contributed by atoms with Crippen molar-refractivity contribution in [1.82, 2.24) is 34.7 Å². The fraction of sp³-hybridized carbons (Fsp3) is 0.318. The summed E-state index contributed by atoms with van der Waals surface area (Å²) in [5, 5.41) is 14.2. The highest BCUT2D eigenvalue weighted by Crippen LogP contribution is 2.28. The average Bonchev–Trinajstić information content (AvgIpc) is 3.40. The first-order chi connectivity index (χ1) is 14.7. The summed E-state index contributed by atoms with van der Waals surface area (Å²) in [6.45, 7) is 5.47. The largest absolute Gasteiger partial charge is 0.328 e. The van der Waals surface area contributed by atoms with E-state index in [-0.39, 0.29) is 5.69 Å². The van der Waals surface area contributed by atoms with Crippen molar-refractivity contribution in [1.29, 1.82) is 0 Å². The quantitative estimate of drug-likeness (QED) is 0.487. The monoisotopic (exact) mass is 403 g/mol. The molecule has 0 fully saturated rings. The molecule has 1 N–H and O–H groups in total. The van der Waals surface area contributed by atoms with Crippen molar-refractivity contribution in [3.8, 4) is 22.6 Å². The Balaban J connectivity index is 1.63. The van der Waals surface area contributed by atoms with E-state index < -0.39 is 0 Å². The molecule has 0 unspecified atom stereocenters. The number of hydrogen-bond donors (Lipinski definition) is 1. The molecule has 0 aliphatic carbocycles. The first kappa shape index (κ1) is 19.8. The maximum Gasteiger partial charge on any atom is 0.328 e. The zero-order valence-corrected chi connectivity index (χ0v) is 17.2. The van der Waals surface area contributed by atoms with Gasteiger partial charge in [-0.2, -0.15) is 0 Å². The third kappa shape index (κ3) is 3.94. The van der Waals surface area contributed by atoms with Gasteiger partial charge in [0.15, 0.2) is 5.82 Å². The number of nitrogens with zero attached hydrogens (tertiary/aromatic N) is 6. The van der Waals surface area contributed by atoms with Gasteiger partial charge in [0.05, 0.1) is 12.2 Å². The van der Waals surface area contributed by atoms with Crippen LogP contribution in [-0.2, 0) is 19.5 Å². The summed E-state index contributed by atoms with van der Waals surface area (Å²) in [6.07, 6.45) is 6.66. The van der Waals surface area contributed by atoms with Gasteiger partial charge < -0.3 is 0 Å². The van der Waals surface area contributed by atoms with E-state index in [0.29, 0.717) is 12.4 Å². The third-order valence-electron chi connectivity index (χ3n) is 5.07. The van der Waals surface area contributed by atoms with E-state index in [1.807, 2.05) is 57.9 Å². The Bertz CT molecular complexity index is 1160. The van der Waals surface area contributed by atoms with E-state index in [1.165, 1.54) is 0 Å². The molecule has 154 valence electrons. The smallest absolute Gasteiger partial charge is 0.299 e. The summed E-state index contributed by atoms with van der Waals surface area (Å²) in [7, 11) is 0. The van der Waals surface area contributed by atoms with Crippen molar-refractivity contribution in [2.24, 2.45) is 0 Å². The zero-order valence-electron chi connectivity index (χ0n) is 17.2. The molecule has 0 radical (unpaired) electrons. The van der Waals surface area contributed by atoms with Gasteiger partial charge in [0.1, 0.15) is 0 Å². The van der Waals surface area contributed by atoms with Crippen LogP contribution in [0, 0.1) is 0 Å². The van der Waals surface area contributed by atoms with E-state index in [0.717, 1.165) is 53.9 Å². The predicted octanol–water partition coefficient (Wildman–Crippen LogP) is 3.30. The number of aromatic nitrogens is 7. The van der Waals surface area contributed by atoms with Gasteiger partial charge in [-0.05, 0) is 34.9 Å². The molecule has 8 heteroatoms. The van der Waals surface area contributed by atoms with Crippen LogP contribution < -0.4 is 5.69 Å². The van der Waals surface area contributed by atoms with Crippen LogP contribution in [-0.4, -0.2) is 34.7 Å². The maximum atomic E-state index is 12.8. The Morgan fingerprint density at radius 3 is 2.53 bits per heavy atom. The molecular formula is C22H25N7O. The summed E-state index contributed by atoms with van der Waals surface area (Å²) >= 11 is 0. The Morgan fingerprint density at radius 2 is 1.87 bits per heavy atom. The lowest BCUT2D eigenvalue weighted by Crippen LogP contribution is -2.25. The van der Waals surface area contributed by atoms with Crippen molar-refractivity contribution in [2.45, 2.75) is 46.2 Å². The number of H-pyrrole nitrogens is 1. The van der Waals surface area contributed by atoms with Gasteiger partial charge >= 0.3 is 5.69 Å². The van der Waals surface area contributed by atoms with E-state index in [4.69, 9.17) is 0 Å². The van der Waals surface area contributed by atoms with E-state index >= 15 is 0 Å². The SMILES string of the molecule is CCCc1cn(CCC)c(=O)n1Cc1ccc(-c2ccccc2-c2nnn[nH]2)nc1. The fourth-order valence-corrected chi connectivity index (χ4v) is 3.65. The summed E-state index contributed by atoms with van der Waals surface area (Å²) in [4.78, 5) is 17.5. The van der Waals surface area contributed by atoms with Crippen LogP contribution in [0.3, 0.4) is 0 Å². The van der Waals surface area contributed by atoms with Crippen molar-refractivity contribution < 1.29 is 0 Å². The number of imidazole rings is 1. The van der Waals surface area contributed by atoms with Crippen LogP contribution in [0.2, 0.25) is 0 Å². The Morgan fingerprint density at radius 1 is 1.03 bits per heavy atom. The number of benzene rings is 1. The molecule has 3 aromatic heterocycles. The molecule has 0 saturated heterocycles. The van der Waals surface area contributed by atoms with Crippen molar-refractivity contribution in [2.75, 3.05) is 0 Å². The van der Waals surface area contributed by atoms with Gasteiger partial charge in [0, 0.05) is 35.8 Å².